The summed E-state index contributed by atoms with van der Waals surface area (Å²) in [6.45, 7) is 0. The molecule has 4 nitrogen and oxygen atoms in total. The van der Waals surface area contributed by atoms with Crippen LogP contribution in [0.1, 0.15) is 20.7 Å². The number of hydrogen-bond acceptors (Lipinski definition) is 2. The van der Waals surface area contributed by atoms with Crippen molar-refractivity contribution in [2.24, 2.45) is 5.73 Å². The van der Waals surface area contributed by atoms with E-state index in [1.54, 1.807) is 42.5 Å². The first-order valence-corrected chi connectivity index (χ1v) is 7.22. The van der Waals surface area contributed by atoms with Crippen LogP contribution in [0.25, 0.3) is 0 Å². The van der Waals surface area contributed by atoms with Crippen molar-refractivity contribution in [1.82, 2.24) is 0 Å². The Kier molecular flexibility index (Phi) is 4.57. The molecule has 0 heterocycles. The van der Waals surface area contributed by atoms with Gasteiger partial charge in [-0.1, -0.05) is 31.9 Å². The minimum atomic E-state index is -0.600. The highest BCUT2D eigenvalue weighted by atomic mass is 79.9. The number of benzene rings is 2. The number of primary amides is 1. The van der Waals surface area contributed by atoms with Crippen molar-refractivity contribution in [2.45, 2.75) is 0 Å². The molecule has 0 atom stereocenters. The average molecular weight is 398 g/mol. The third-order valence-corrected chi connectivity index (χ3v) is 3.62. The summed E-state index contributed by atoms with van der Waals surface area (Å²) in [4.78, 5) is 23.5. The van der Waals surface area contributed by atoms with Crippen LogP contribution in [0.2, 0.25) is 0 Å². The molecule has 2 aromatic rings. The maximum Gasteiger partial charge on any atom is 0.255 e. The summed E-state index contributed by atoms with van der Waals surface area (Å²) in [7, 11) is 0. The van der Waals surface area contributed by atoms with Crippen LogP contribution in [0.5, 0.6) is 0 Å². The third-order valence-electron chi connectivity index (χ3n) is 2.60. The molecule has 0 aliphatic rings. The second-order valence-corrected chi connectivity index (χ2v) is 5.85. The number of nitrogens with two attached hydrogens (primary N) is 1. The molecule has 0 saturated heterocycles. The van der Waals surface area contributed by atoms with Gasteiger partial charge in [0.1, 0.15) is 0 Å². The Balaban J connectivity index is 2.28. The first-order chi connectivity index (χ1) is 9.47. The Bertz CT molecular complexity index is 669. The second kappa shape index (κ2) is 6.19. The van der Waals surface area contributed by atoms with Gasteiger partial charge >= 0.3 is 0 Å². The lowest BCUT2D eigenvalue weighted by Gasteiger charge is -2.09. The summed E-state index contributed by atoms with van der Waals surface area (Å²) >= 11 is 6.56. The van der Waals surface area contributed by atoms with E-state index in [1.807, 2.05) is 0 Å². The molecule has 0 radical (unpaired) electrons. The van der Waals surface area contributed by atoms with Gasteiger partial charge in [0, 0.05) is 14.5 Å². The van der Waals surface area contributed by atoms with Crippen LogP contribution in [-0.2, 0) is 0 Å². The SMILES string of the molecule is NC(=O)c1cc(Br)ccc1NC(=O)c1ccc(Br)cc1. The fourth-order valence-corrected chi connectivity index (χ4v) is 2.25. The number of hydrogen-bond donors (Lipinski definition) is 2. The minimum Gasteiger partial charge on any atom is -0.366 e. The zero-order valence-corrected chi connectivity index (χ0v) is 13.4. The number of anilines is 1. The Morgan fingerprint density at radius 3 is 2.15 bits per heavy atom. The van der Waals surface area contributed by atoms with Crippen LogP contribution < -0.4 is 11.1 Å². The summed E-state index contributed by atoms with van der Waals surface area (Å²) in [6.07, 6.45) is 0. The van der Waals surface area contributed by atoms with E-state index in [2.05, 4.69) is 37.2 Å². The predicted molar refractivity (Wildman–Crippen MR) is 84.8 cm³/mol. The summed E-state index contributed by atoms with van der Waals surface area (Å²) in [6, 6.07) is 11.8. The van der Waals surface area contributed by atoms with Crippen molar-refractivity contribution in [1.29, 1.82) is 0 Å². The Morgan fingerprint density at radius 2 is 1.55 bits per heavy atom. The van der Waals surface area contributed by atoms with Gasteiger partial charge < -0.3 is 11.1 Å². The normalized spacial score (nSPS) is 10.1. The minimum absolute atomic E-state index is 0.254. The van der Waals surface area contributed by atoms with Crippen LogP contribution in [-0.4, -0.2) is 11.8 Å². The number of carbonyl (C=O) groups excluding carboxylic acids is 2. The summed E-state index contributed by atoms with van der Waals surface area (Å²) in [5, 5.41) is 2.68. The van der Waals surface area contributed by atoms with Gasteiger partial charge in [-0.3, -0.25) is 9.59 Å². The topological polar surface area (TPSA) is 72.2 Å². The van der Waals surface area contributed by atoms with E-state index >= 15 is 0 Å². The van der Waals surface area contributed by atoms with Crippen molar-refractivity contribution in [3.63, 3.8) is 0 Å². The van der Waals surface area contributed by atoms with E-state index in [0.29, 0.717) is 15.7 Å². The van der Waals surface area contributed by atoms with Crippen molar-refractivity contribution in [3.05, 3.63) is 62.5 Å². The fourth-order valence-electron chi connectivity index (χ4n) is 1.63. The number of halogens is 2. The molecule has 6 heteroatoms. The molecule has 0 saturated carbocycles. The molecule has 0 aromatic heterocycles. The van der Waals surface area contributed by atoms with Gasteiger partial charge in [-0.05, 0) is 42.5 Å². The molecule has 0 fully saturated rings. The second-order valence-electron chi connectivity index (χ2n) is 4.02. The molecule has 0 aliphatic carbocycles. The molecular weight excluding hydrogens is 388 g/mol. The van der Waals surface area contributed by atoms with E-state index in [9.17, 15) is 9.59 Å². The van der Waals surface area contributed by atoms with Gasteiger partial charge in [0.25, 0.3) is 11.8 Å². The van der Waals surface area contributed by atoms with Crippen molar-refractivity contribution >= 4 is 49.4 Å². The zero-order chi connectivity index (χ0) is 14.7. The quantitative estimate of drug-likeness (QED) is 0.830. The molecule has 0 spiro atoms. The van der Waals surface area contributed by atoms with Crippen LogP contribution in [0.15, 0.2) is 51.4 Å². The molecule has 3 N–H and O–H groups in total. The lowest BCUT2D eigenvalue weighted by molar-refractivity contribution is 0.100. The van der Waals surface area contributed by atoms with Crippen LogP contribution in [0.3, 0.4) is 0 Å². The standard InChI is InChI=1S/C14H10Br2N2O2/c15-9-3-1-8(2-4-9)14(20)18-12-6-5-10(16)7-11(12)13(17)19/h1-7H,(H2,17,19)(H,18,20). The summed E-state index contributed by atoms with van der Waals surface area (Å²) in [5.74, 6) is -0.903. The van der Waals surface area contributed by atoms with E-state index < -0.39 is 5.91 Å². The van der Waals surface area contributed by atoms with E-state index in [0.717, 1.165) is 4.47 Å². The molecule has 102 valence electrons. The molecule has 2 amide bonds. The summed E-state index contributed by atoms with van der Waals surface area (Å²) in [5.41, 5.74) is 6.43. The molecule has 0 aliphatic heterocycles. The molecule has 20 heavy (non-hydrogen) atoms. The molecular formula is C14H10Br2N2O2. The highest BCUT2D eigenvalue weighted by Crippen LogP contribution is 2.21. The maximum atomic E-state index is 12.1. The predicted octanol–water partition coefficient (Wildman–Crippen LogP) is 3.56. The number of nitrogens with one attached hydrogen (secondary N) is 1. The van der Waals surface area contributed by atoms with E-state index in [4.69, 9.17) is 5.73 Å². The first kappa shape index (κ1) is 14.7. The molecule has 0 bridgehead atoms. The van der Waals surface area contributed by atoms with Crippen molar-refractivity contribution in [2.75, 3.05) is 5.32 Å². The van der Waals surface area contributed by atoms with Gasteiger partial charge in [0.05, 0.1) is 11.3 Å². The monoisotopic (exact) mass is 396 g/mol. The zero-order valence-electron chi connectivity index (χ0n) is 10.2. The third kappa shape index (κ3) is 3.46. The van der Waals surface area contributed by atoms with E-state index in [1.165, 1.54) is 0 Å². The highest BCUT2D eigenvalue weighted by molar-refractivity contribution is 9.10. The smallest absolute Gasteiger partial charge is 0.255 e. The van der Waals surface area contributed by atoms with Crippen LogP contribution >= 0.6 is 31.9 Å². The van der Waals surface area contributed by atoms with Crippen molar-refractivity contribution < 1.29 is 9.59 Å². The largest absolute Gasteiger partial charge is 0.366 e. The Labute approximate surface area is 132 Å². The lowest BCUT2D eigenvalue weighted by Crippen LogP contribution is -2.18. The van der Waals surface area contributed by atoms with Crippen LogP contribution in [0, 0.1) is 0 Å². The molecule has 2 aromatic carbocycles. The van der Waals surface area contributed by atoms with Gasteiger partial charge in [-0.2, -0.15) is 0 Å². The Hall–Kier alpha value is -1.66. The van der Waals surface area contributed by atoms with Gasteiger partial charge in [-0.25, -0.2) is 0 Å². The number of rotatable bonds is 3. The van der Waals surface area contributed by atoms with E-state index in [-0.39, 0.29) is 11.5 Å². The number of carbonyl (C=O) groups is 2. The Morgan fingerprint density at radius 1 is 0.950 bits per heavy atom. The van der Waals surface area contributed by atoms with Crippen molar-refractivity contribution in [3.8, 4) is 0 Å². The first-order valence-electron chi connectivity index (χ1n) is 5.63. The lowest BCUT2D eigenvalue weighted by atomic mass is 10.1. The van der Waals surface area contributed by atoms with Gasteiger partial charge in [0.15, 0.2) is 0 Å². The van der Waals surface area contributed by atoms with Crippen LogP contribution in [0.4, 0.5) is 5.69 Å². The van der Waals surface area contributed by atoms with Gasteiger partial charge in [-0.15, -0.1) is 0 Å². The summed E-state index contributed by atoms with van der Waals surface area (Å²) < 4.78 is 1.60. The average Bonchev–Trinajstić information content (AvgIpc) is 2.41. The maximum absolute atomic E-state index is 12.1. The highest BCUT2D eigenvalue weighted by Gasteiger charge is 2.12. The molecule has 0 unspecified atom stereocenters. The fraction of sp³-hybridized carbons (Fsp3) is 0. The van der Waals surface area contributed by atoms with Gasteiger partial charge in [0.2, 0.25) is 0 Å². The molecule has 2 rings (SSSR count). The number of amides is 2.